The predicted molar refractivity (Wildman–Crippen MR) is 83.7 cm³/mol. The fraction of sp³-hybridized carbons (Fsp3) is 0.214. The molecule has 2 rings (SSSR count). The molecule has 2 aromatic rings. The van der Waals surface area contributed by atoms with Gasteiger partial charge < -0.3 is 14.6 Å². The van der Waals surface area contributed by atoms with Gasteiger partial charge in [0.2, 0.25) is 0 Å². The van der Waals surface area contributed by atoms with Crippen molar-refractivity contribution in [1.29, 1.82) is 0 Å². The molecule has 1 aromatic carbocycles. The zero-order chi connectivity index (χ0) is 14.7. The van der Waals surface area contributed by atoms with E-state index in [2.05, 4.69) is 21.2 Å². The molecule has 0 aliphatic heterocycles. The standard InChI is InChI=1S/C14H14BrClN2O2/c1-3-20-13-5-4-10(7-11(13)16)17-14(19)12-6-9(15)8-18(12)2/h4-8H,3H2,1-2H3,(H,17,19). The van der Waals surface area contributed by atoms with Crippen molar-refractivity contribution in [1.82, 2.24) is 4.57 Å². The van der Waals surface area contributed by atoms with Crippen LogP contribution in [0.3, 0.4) is 0 Å². The van der Waals surface area contributed by atoms with E-state index in [9.17, 15) is 4.79 Å². The Morgan fingerprint density at radius 2 is 2.20 bits per heavy atom. The first-order chi connectivity index (χ1) is 9.51. The molecule has 0 radical (unpaired) electrons. The number of hydrogen-bond acceptors (Lipinski definition) is 2. The molecule has 106 valence electrons. The number of aryl methyl sites for hydroxylation is 1. The van der Waals surface area contributed by atoms with E-state index in [4.69, 9.17) is 16.3 Å². The highest BCUT2D eigenvalue weighted by Crippen LogP contribution is 2.28. The van der Waals surface area contributed by atoms with Gasteiger partial charge in [-0.05, 0) is 47.1 Å². The minimum absolute atomic E-state index is 0.196. The van der Waals surface area contributed by atoms with E-state index in [-0.39, 0.29) is 5.91 Å². The van der Waals surface area contributed by atoms with Crippen molar-refractivity contribution in [3.05, 3.63) is 45.7 Å². The van der Waals surface area contributed by atoms with Gasteiger partial charge in [0, 0.05) is 23.4 Å². The number of halogens is 2. The van der Waals surface area contributed by atoms with Gasteiger partial charge in [0.15, 0.2) is 0 Å². The molecule has 1 heterocycles. The largest absolute Gasteiger partial charge is 0.492 e. The number of aromatic nitrogens is 1. The van der Waals surface area contributed by atoms with Crippen LogP contribution in [0.15, 0.2) is 34.9 Å². The van der Waals surface area contributed by atoms with Gasteiger partial charge in [-0.1, -0.05) is 11.6 Å². The molecular weight excluding hydrogens is 344 g/mol. The van der Waals surface area contributed by atoms with Gasteiger partial charge in [-0.2, -0.15) is 0 Å². The number of hydrogen-bond donors (Lipinski definition) is 1. The van der Waals surface area contributed by atoms with Crippen molar-refractivity contribution < 1.29 is 9.53 Å². The number of carbonyl (C=O) groups is 1. The monoisotopic (exact) mass is 356 g/mol. The molecule has 20 heavy (non-hydrogen) atoms. The fourth-order valence-corrected chi connectivity index (χ4v) is 2.56. The number of nitrogens with one attached hydrogen (secondary N) is 1. The lowest BCUT2D eigenvalue weighted by atomic mass is 10.3. The van der Waals surface area contributed by atoms with Gasteiger partial charge in [0.1, 0.15) is 11.4 Å². The lowest BCUT2D eigenvalue weighted by Crippen LogP contribution is -2.15. The third kappa shape index (κ3) is 3.35. The van der Waals surface area contributed by atoms with Gasteiger partial charge in [0.05, 0.1) is 11.6 Å². The van der Waals surface area contributed by atoms with Crippen molar-refractivity contribution >= 4 is 39.1 Å². The van der Waals surface area contributed by atoms with E-state index < -0.39 is 0 Å². The predicted octanol–water partition coefficient (Wildman–Crippen LogP) is 4.09. The lowest BCUT2D eigenvalue weighted by Gasteiger charge is -2.09. The topological polar surface area (TPSA) is 43.3 Å². The molecule has 4 nitrogen and oxygen atoms in total. The highest BCUT2D eigenvalue weighted by molar-refractivity contribution is 9.10. The van der Waals surface area contributed by atoms with E-state index >= 15 is 0 Å². The molecule has 0 aliphatic rings. The second-order valence-corrected chi connectivity index (χ2v) is 5.51. The van der Waals surface area contributed by atoms with Gasteiger partial charge >= 0.3 is 0 Å². The number of anilines is 1. The normalized spacial score (nSPS) is 10.4. The van der Waals surface area contributed by atoms with Crippen molar-refractivity contribution in [2.24, 2.45) is 7.05 Å². The smallest absolute Gasteiger partial charge is 0.272 e. The van der Waals surface area contributed by atoms with E-state index in [0.29, 0.717) is 28.8 Å². The summed E-state index contributed by atoms with van der Waals surface area (Å²) >= 11 is 9.42. The van der Waals surface area contributed by atoms with Crippen molar-refractivity contribution in [2.75, 3.05) is 11.9 Å². The molecule has 6 heteroatoms. The zero-order valence-corrected chi connectivity index (χ0v) is 13.5. The van der Waals surface area contributed by atoms with Crippen LogP contribution in [0.5, 0.6) is 5.75 Å². The average molecular weight is 358 g/mol. The Bertz CT molecular complexity index is 640. The Kier molecular flexibility index (Phi) is 4.73. The van der Waals surface area contributed by atoms with Crippen molar-refractivity contribution in [2.45, 2.75) is 6.92 Å². The second-order valence-electron chi connectivity index (χ2n) is 4.19. The molecular formula is C14H14BrClN2O2. The van der Waals surface area contributed by atoms with Gasteiger partial charge in [-0.3, -0.25) is 4.79 Å². The Morgan fingerprint density at radius 1 is 1.45 bits per heavy atom. The van der Waals surface area contributed by atoms with Crippen LogP contribution in [0.1, 0.15) is 17.4 Å². The Balaban J connectivity index is 2.16. The second kappa shape index (κ2) is 6.33. The van der Waals surface area contributed by atoms with Crippen LogP contribution in [0.4, 0.5) is 5.69 Å². The van der Waals surface area contributed by atoms with Crippen LogP contribution < -0.4 is 10.1 Å². The first kappa shape index (κ1) is 14.9. The maximum atomic E-state index is 12.1. The number of nitrogens with zero attached hydrogens (tertiary/aromatic N) is 1. The lowest BCUT2D eigenvalue weighted by molar-refractivity contribution is 0.101. The minimum Gasteiger partial charge on any atom is -0.492 e. The number of amides is 1. The van der Waals surface area contributed by atoms with Crippen molar-refractivity contribution in [3.63, 3.8) is 0 Å². The Morgan fingerprint density at radius 3 is 2.75 bits per heavy atom. The molecule has 0 saturated heterocycles. The fourth-order valence-electron chi connectivity index (χ4n) is 1.80. The number of carbonyl (C=O) groups excluding carboxylic acids is 1. The molecule has 0 bridgehead atoms. The Hall–Kier alpha value is -1.46. The van der Waals surface area contributed by atoms with Crippen molar-refractivity contribution in [3.8, 4) is 5.75 Å². The summed E-state index contributed by atoms with van der Waals surface area (Å²) < 4.78 is 7.95. The molecule has 1 N–H and O–H groups in total. The maximum Gasteiger partial charge on any atom is 0.272 e. The first-order valence-electron chi connectivity index (χ1n) is 6.07. The van der Waals surface area contributed by atoms with E-state index in [1.165, 1.54) is 0 Å². The maximum absolute atomic E-state index is 12.1. The van der Waals surface area contributed by atoms with Crippen LogP contribution in [0.2, 0.25) is 5.02 Å². The summed E-state index contributed by atoms with van der Waals surface area (Å²) in [6, 6.07) is 6.92. The number of rotatable bonds is 4. The van der Waals surface area contributed by atoms with Crippen LogP contribution in [0.25, 0.3) is 0 Å². The number of benzene rings is 1. The summed E-state index contributed by atoms with van der Waals surface area (Å²) in [5, 5.41) is 3.27. The molecule has 0 unspecified atom stereocenters. The summed E-state index contributed by atoms with van der Waals surface area (Å²) in [5.41, 5.74) is 1.18. The van der Waals surface area contributed by atoms with E-state index in [0.717, 1.165) is 4.47 Å². The summed E-state index contributed by atoms with van der Waals surface area (Å²) in [4.78, 5) is 12.1. The van der Waals surface area contributed by atoms with Crippen LogP contribution >= 0.6 is 27.5 Å². The zero-order valence-electron chi connectivity index (χ0n) is 11.1. The quantitative estimate of drug-likeness (QED) is 0.895. The highest BCUT2D eigenvalue weighted by Gasteiger charge is 2.12. The van der Waals surface area contributed by atoms with Crippen LogP contribution in [-0.2, 0) is 7.05 Å². The molecule has 0 spiro atoms. The SMILES string of the molecule is CCOc1ccc(NC(=O)c2cc(Br)cn2C)cc1Cl. The molecule has 1 amide bonds. The molecule has 0 atom stereocenters. The van der Waals surface area contributed by atoms with Crippen LogP contribution in [0, 0.1) is 0 Å². The minimum atomic E-state index is -0.196. The number of ether oxygens (including phenoxy) is 1. The summed E-state index contributed by atoms with van der Waals surface area (Å²) in [7, 11) is 1.81. The molecule has 1 aromatic heterocycles. The summed E-state index contributed by atoms with van der Waals surface area (Å²) in [5.74, 6) is 0.409. The summed E-state index contributed by atoms with van der Waals surface area (Å²) in [6.07, 6.45) is 1.82. The van der Waals surface area contributed by atoms with Gasteiger partial charge in [-0.25, -0.2) is 0 Å². The van der Waals surface area contributed by atoms with E-state index in [1.54, 1.807) is 28.8 Å². The Labute approximate surface area is 130 Å². The van der Waals surface area contributed by atoms with Gasteiger partial charge in [0.25, 0.3) is 5.91 Å². The third-order valence-electron chi connectivity index (χ3n) is 2.69. The molecule has 0 aliphatic carbocycles. The summed E-state index contributed by atoms with van der Waals surface area (Å²) in [6.45, 7) is 2.43. The average Bonchev–Trinajstić information content (AvgIpc) is 2.72. The highest BCUT2D eigenvalue weighted by atomic mass is 79.9. The van der Waals surface area contributed by atoms with Crippen LogP contribution in [-0.4, -0.2) is 17.1 Å². The first-order valence-corrected chi connectivity index (χ1v) is 7.24. The molecule has 0 fully saturated rings. The van der Waals surface area contributed by atoms with E-state index in [1.807, 2.05) is 20.2 Å². The third-order valence-corrected chi connectivity index (χ3v) is 3.42. The molecule has 0 saturated carbocycles. The van der Waals surface area contributed by atoms with Gasteiger partial charge in [-0.15, -0.1) is 0 Å².